The maximum absolute atomic E-state index is 11.6. The highest BCUT2D eigenvalue weighted by molar-refractivity contribution is 5.97. The Morgan fingerprint density at radius 3 is 2.71 bits per heavy atom. The summed E-state index contributed by atoms with van der Waals surface area (Å²) in [5, 5.41) is 20.5. The molecule has 0 saturated carbocycles. The molecule has 1 aromatic rings. The molecule has 0 aliphatic carbocycles. The molecule has 1 amide bonds. The van der Waals surface area contributed by atoms with Crippen molar-refractivity contribution >= 4 is 11.9 Å². The fourth-order valence-corrected chi connectivity index (χ4v) is 1.25. The minimum Gasteiger partial charge on any atom is -0.504 e. The highest BCUT2D eigenvalue weighted by Crippen LogP contribution is 2.28. The molecule has 3 N–H and O–H groups in total. The third-order valence-electron chi connectivity index (χ3n) is 2.09. The molecule has 0 aromatic heterocycles. The number of methoxy groups -OCH3 is 1. The predicted octanol–water partition coefficient (Wildman–Crippen LogP) is 0.605. The molecule has 0 unspecified atom stereocenters. The molecule has 0 heterocycles. The third kappa shape index (κ3) is 3.37. The lowest BCUT2D eigenvalue weighted by atomic mass is 10.1. The predicted molar refractivity (Wildman–Crippen MR) is 59.2 cm³/mol. The Morgan fingerprint density at radius 2 is 2.12 bits per heavy atom. The average molecular weight is 239 g/mol. The number of nitrogens with one attached hydrogen (secondary N) is 1. The van der Waals surface area contributed by atoms with Crippen LogP contribution in [-0.4, -0.2) is 35.7 Å². The first-order chi connectivity index (χ1) is 8.06. The van der Waals surface area contributed by atoms with Crippen molar-refractivity contribution < 1.29 is 24.5 Å². The van der Waals surface area contributed by atoms with Gasteiger partial charge in [0.05, 0.1) is 19.1 Å². The molecule has 6 nitrogen and oxygen atoms in total. The molecule has 0 aliphatic heterocycles. The van der Waals surface area contributed by atoms with E-state index in [0.717, 1.165) is 0 Å². The molecule has 0 aliphatic rings. The molecule has 0 spiro atoms. The number of benzene rings is 1. The van der Waals surface area contributed by atoms with Crippen LogP contribution in [-0.2, 0) is 4.79 Å². The number of ether oxygens (including phenoxy) is 1. The van der Waals surface area contributed by atoms with Crippen LogP contribution in [0.5, 0.6) is 11.5 Å². The van der Waals surface area contributed by atoms with Gasteiger partial charge in [-0.2, -0.15) is 0 Å². The Morgan fingerprint density at radius 1 is 1.41 bits per heavy atom. The fraction of sp³-hybridized carbons (Fsp3) is 0.273. The van der Waals surface area contributed by atoms with E-state index in [4.69, 9.17) is 9.84 Å². The van der Waals surface area contributed by atoms with Crippen LogP contribution in [0.1, 0.15) is 16.8 Å². The third-order valence-corrected chi connectivity index (χ3v) is 2.09. The van der Waals surface area contributed by atoms with Gasteiger partial charge in [0, 0.05) is 6.54 Å². The number of aliphatic carboxylic acids is 1. The van der Waals surface area contributed by atoms with Crippen molar-refractivity contribution in [2.75, 3.05) is 13.7 Å². The minimum absolute atomic E-state index is 0.00478. The summed E-state index contributed by atoms with van der Waals surface area (Å²) < 4.78 is 4.85. The van der Waals surface area contributed by atoms with Crippen molar-refractivity contribution in [3.63, 3.8) is 0 Å². The van der Waals surface area contributed by atoms with Gasteiger partial charge in [0.2, 0.25) is 0 Å². The number of phenolic OH excluding ortho intramolecular Hbond substituents is 1. The standard InChI is InChI=1S/C11H13NO5/c1-17-8-4-2-3-7(10(8)15)11(16)12-6-5-9(13)14/h2-4,15H,5-6H2,1H3,(H,12,16)(H,13,14). The van der Waals surface area contributed by atoms with E-state index in [1.54, 1.807) is 6.07 Å². The molecular weight excluding hydrogens is 226 g/mol. The van der Waals surface area contributed by atoms with Gasteiger partial charge in [-0.25, -0.2) is 0 Å². The number of carbonyl (C=O) groups is 2. The second-order valence-electron chi connectivity index (χ2n) is 3.26. The van der Waals surface area contributed by atoms with E-state index in [9.17, 15) is 14.7 Å². The van der Waals surface area contributed by atoms with Gasteiger partial charge in [0.25, 0.3) is 5.91 Å². The highest BCUT2D eigenvalue weighted by atomic mass is 16.5. The lowest BCUT2D eigenvalue weighted by molar-refractivity contribution is -0.136. The van der Waals surface area contributed by atoms with E-state index >= 15 is 0 Å². The molecule has 1 aromatic carbocycles. The number of phenols is 1. The molecule has 1 rings (SSSR count). The second kappa shape index (κ2) is 5.74. The first-order valence-corrected chi connectivity index (χ1v) is 4.92. The van der Waals surface area contributed by atoms with Crippen LogP contribution < -0.4 is 10.1 Å². The number of rotatable bonds is 5. The Bertz CT molecular complexity index is 430. The Balaban J connectivity index is 2.72. The van der Waals surface area contributed by atoms with Gasteiger partial charge in [-0.05, 0) is 12.1 Å². The largest absolute Gasteiger partial charge is 0.504 e. The quantitative estimate of drug-likeness (QED) is 0.699. The zero-order valence-electron chi connectivity index (χ0n) is 9.27. The van der Waals surface area contributed by atoms with E-state index < -0.39 is 11.9 Å². The number of para-hydroxylation sites is 1. The summed E-state index contributed by atoms with van der Waals surface area (Å²) in [5.41, 5.74) is 0.0507. The van der Waals surface area contributed by atoms with Crippen molar-refractivity contribution in [3.8, 4) is 11.5 Å². The van der Waals surface area contributed by atoms with Crippen LogP contribution in [0, 0.1) is 0 Å². The highest BCUT2D eigenvalue weighted by Gasteiger charge is 2.14. The van der Waals surface area contributed by atoms with Crippen LogP contribution in [0.25, 0.3) is 0 Å². The number of aromatic hydroxyl groups is 1. The van der Waals surface area contributed by atoms with Crippen LogP contribution in [0.2, 0.25) is 0 Å². The first kappa shape index (κ1) is 12.8. The van der Waals surface area contributed by atoms with Crippen molar-refractivity contribution in [2.45, 2.75) is 6.42 Å². The number of amides is 1. The number of carbonyl (C=O) groups excluding carboxylic acids is 1. The Labute approximate surface area is 97.8 Å². The van der Waals surface area contributed by atoms with Crippen LogP contribution >= 0.6 is 0 Å². The van der Waals surface area contributed by atoms with Crippen molar-refractivity contribution in [2.24, 2.45) is 0 Å². The van der Waals surface area contributed by atoms with Crippen molar-refractivity contribution in [1.29, 1.82) is 0 Å². The summed E-state index contributed by atoms with van der Waals surface area (Å²) in [6, 6.07) is 4.50. The minimum atomic E-state index is -1.000. The van der Waals surface area contributed by atoms with Gasteiger partial charge in [-0.15, -0.1) is 0 Å². The summed E-state index contributed by atoms with van der Waals surface area (Å²) in [5.74, 6) is -1.61. The zero-order chi connectivity index (χ0) is 12.8. The first-order valence-electron chi connectivity index (χ1n) is 4.92. The van der Waals surface area contributed by atoms with E-state index in [0.29, 0.717) is 0 Å². The van der Waals surface area contributed by atoms with E-state index in [2.05, 4.69) is 5.32 Å². The lowest BCUT2D eigenvalue weighted by Gasteiger charge is -2.08. The summed E-state index contributed by atoms with van der Waals surface area (Å²) in [4.78, 5) is 21.9. The van der Waals surface area contributed by atoms with Crippen LogP contribution in [0.15, 0.2) is 18.2 Å². The monoisotopic (exact) mass is 239 g/mol. The molecule has 6 heteroatoms. The van der Waals surface area contributed by atoms with E-state index in [1.165, 1.54) is 19.2 Å². The van der Waals surface area contributed by atoms with Gasteiger partial charge in [0.15, 0.2) is 11.5 Å². The number of carboxylic acid groups (broad SMARTS) is 1. The van der Waals surface area contributed by atoms with Crippen LogP contribution in [0.4, 0.5) is 0 Å². The molecule has 0 bridgehead atoms. The summed E-state index contributed by atoms with van der Waals surface area (Å²) >= 11 is 0. The normalized spacial score (nSPS) is 9.71. The molecule has 17 heavy (non-hydrogen) atoms. The van der Waals surface area contributed by atoms with Gasteiger partial charge in [0.1, 0.15) is 0 Å². The van der Waals surface area contributed by atoms with Gasteiger partial charge < -0.3 is 20.3 Å². The molecule has 0 radical (unpaired) electrons. The maximum atomic E-state index is 11.6. The molecular formula is C11H13NO5. The molecule has 0 atom stereocenters. The molecule has 0 fully saturated rings. The van der Waals surface area contributed by atoms with E-state index in [1.807, 2.05) is 0 Å². The number of carboxylic acids is 1. The summed E-state index contributed by atoms with van der Waals surface area (Å²) in [6.45, 7) is 0.00478. The second-order valence-corrected chi connectivity index (χ2v) is 3.26. The molecule has 92 valence electrons. The lowest BCUT2D eigenvalue weighted by Crippen LogP contribution is -2.26. The zero-order valence-corrected chi connectivity index (χ0v) is 9.27. The fourth-order valence-electron chi connectivity index (χ4n) is 1.25. The summed E-state index contributed by atoms with van der Waals surface area (Å²) in [6.07, 6.45) is -0.170. The molecule has 0 saturated heterocycles. The smallest absolute Gasteiger partial charge is 0.305 e. The van der Waals surface area contributed by atoms with Gasteiger partial charge in [-0.1, -0.05) is 6.07 Å². The number of hydrogen-bond donors (Lipinski definition) is 3. The SMILES string of the molecule is COc1cccc(C(=O)NCCC(=O)O)c1O. The Kier molecular flexibility index (Phi) is 4.33. The number of hydrogen-bond acceptors (Lipinski definition) is 4. The summed E-state index contributed by atoms with van der Waals surface area (Å²) in [7, 11) is 1.38. The van der Waals surface area contributed by atoms with Gasteiger partial charge in [-0.3, -0.25) is 9.59 Å². The van der Waals surface area contributed by atoms with Crippen LogP contribution in [0.3, 0.4) is 0 Å². The van der Waals surface area contributed by atoms with E-state index in [-0.39, 0.29) is 30.0 Å². The van der Waals surface area contributed by atoms with Crippen molar-refractivity contribution in [3.05, 3.63) is 23.8 Å². The maximum Gasteiger partial charge on any atom is 0.305 e. The average Bonchev–Trinajstić information content (AvgIpc) is 2.28. The Hall–Kier alpha value is -2.24. The van der Waals surface area contributed by atoms with Gasteiger partial charge >= 0.3 is 5.97 Å². The topological polar surface area (TPSA) is 95.9 Å². The van der Waals surface area contributed by atoms with Crippen molar-refractivity contribution in [1.82, 2.24) is 5.32 Å².